The molecule has 0 radical (unpaired) electrons. The maximum atomic E-state index is 5.57. The van der Waals surface area contributed by atoms with E-state index in [4.69, 9.17) is 5.73 Å². The third-order valence-corrected chi connectivity index (χ3v) is 3.63. The molecule has 0 bridgehead atoms. The van der Waals surface area contributed by atoms with Gasteiger partial charge in [0.2, 0.25) is 0 Å². The Morgan fingerprint density at radius 2 is 1.94 bits per heavy atom. The first-order valence-corrected chi connectivity index (χ1v) is 6.40. The van der Waals surface area contributed by atoms with Crippen LogP contribution in [0.1, 0.15) is 15.4 Å². The van der Waals surface area contributed by atoms with Crippen LogP contribution in [0.15, 0.2) is 30.5 Å². The summed E-state index contributed by atoms with van der Waals surface area (Å²) in [6.45, 7) is 0.581. The maximum Gasteiger partial charge on any atom is 0.0971 e. The molecule has 2 rings (SSSR count). The second-order valence-corrected chi connectivity index (χ2v) is 5.36. The van der Waals surface area contributed by atoms with E-state index in [2.05, 4.69) is 34.1 Å². The molecule has 0 aliphatic heterocycles. The van der Waals surface area contributed by atoms with Gasteiger partial charge < -0.3 is 10.6 Å². The summed E-state index contributed by atoms with van der Waals surface area (Å²) in [6, 6.07) is 8.57. The van der Waals surface area contributed by atoms with Gasteiger partial charge in [0.15, 0.2) is 0 Å². The fraction of sp³-hybridized carbons (Fsp3) is 0.308. The van der Waals surface area contributed by atoms with Gasteiger partial charge in [-0.15, -0.1) is 11.3 Å². The number of hydrogen-bond donors (Lipinski definition) is 1. The Morgan fingerprint density at radius 1 is 1.24 bits per heavy atom. The highest BCUT2D eigenvalue weighted by atomic mass is 32.1. The van der Waals surface area contributed by atoms with Crippen LogP contribution in [0, 0.1) is 0 Å². The zero-order valence-electron chi connectivity index (χ0n) is 10.2. The molecule has 0 saturated carbocycles. The molecule has 0 spiro atoms. The first-order valence-electron chi connectivity index (χ1n) is 5.59. The van der Waals surface area contributed by atoms with Crippen LogP contribution in [-0.2, 0) is 13.0 Å². The number of aromatic nitrogens is 1. The topological polar surface area (TPSA) is 42.2 Å². The number of nitrogens with zero attached hydrogens (tertiary/aromatic N) is 2. The van der Waals surface area contributed by atoms with E-state index in [-0.39, 0.29) is 0 Å². The summed E-state index contributed by atoms with van der Waals surface area (Å²) in [5, 5.41) is 1.13. The fourth-order valence-electron chi connectivity index (χ4n) is 1.61. The van der Waals surface area contributed by atoms with E-state index in [9.17, 15) is 0 Å². The number of nitrogens with two attached hydrogens (primary N) is 1. The molecule has 1 heterocycles. The van der Waals surface area contributed by atoms with Crippen LogP contribution in [0.2, 0.25) is 0 Å². The van der Waals surface area contributed by atoms with Crippen molar-refractivity contribution in [1.29, 1.82) is 0 Å². The van der Waals surface area contributed by atoms with Crippen molar-refractivity contribution in [2.75, 3.05) is 19.0 Å². The zero-order chi connectivity index (χ0) is 12.3. The van der Waals surface area contributed by atoms with Crippen LogP contribution in [-0.4, -0.2) is 19.1 Å². The highest BCUT2D eigenvalue weighted by Crippen LogP contribution is 2.18. The van der Waals surface area contributed by atoms with Gasteiger partial charge in [-0.2, -0.15) is 0 Å². The summed E-state index contributed by atoms with van der Waals surface area (Å²) in [7, 11) is 4.09. The van der Waals surface area contributed by atoms with Crippen LogP contribution < -0.4 is 10.6 Å². The van der Waals surface area contributed by atoms with Crippen LogP contribution in [0.4, 0.5) is 5.69 Å². The van der Waals surface area contributed by atoms with Gasteiger partial charge in [-0.1, -0.05) is 12.1 Å². The molecular formula is C13H17N3S. The molecule has 2 N–H and O–H groups in total. The molecule has 0 atom stereocenters. The van der Waals surface area contributed by atoms with Crippen molar-refractivity contribution in [1.82, 2.24) is 4.98 Å². The van der Waals surface area contributed by atoms with E-state index in [1.165, 1.54) is 11.3 Å². The van der Waals surface area contributed by atoms with Crippen molar-refractivity contribution in [3.8, 4) is 0 Å². The average molecular weight is 247 g/mol. The van der Waals surface area contributed by atoms with E-state index in [0.29, 0.717) is 6.54 Å². The lowest BCUT2D eigenvalue weighted by molar-refractivity contribution is 1.08. The summed E-state index contributed by atoms with van der Waals surface area (Å²) in [4.78, 5) is 7.61. The average Bonchev–Trinajstić information content (AvgIpc) is 2.77. The Hall–Kier alpha value is -1.39. The molecule has 90 valence electrons. The molecule has 0 aliphatic rings. The first-order chi connectivity index (χ1) is 8.19. The van der Waals surface area contributed by atoms with Crippen molar-refractivity contribution < 1.29 is 0 Å². The van der Waals surface area contributed by atoms with Gasteiger partial charge in [-0.05, 0) is 17.7 Å². The minimum atomic E-state index is 0.581. The molecule has 4 heteroatoms. The lowest BCUT2D eigenvalue weighted by Gasteiger charge is -2.12. The Kier molecular flexibility index (Phi) is 3.76. The van der Waals surface area contributed by atoms with Gasteiger partial charge >= 0.3 is 0 Å². The second-order valence-electron chi connectivity index (χ2n) is 4.16. The number of rotatable bonds is 4. The van der Waals surface area contributed by atoms with Crippen LogP contribution >= 0.6 is 11.3 Å². The monoisotopic (exact) mass is 247 g/mol. The normalized spacial score (nSPS) is 10.5. The number of thiazole rings is 1. The van der Waals surface area contributed by atoms with Crippen LogP contribution in [0.3, 0.4) is 0 Å². The molecule has 1 aromatic carbocycles. The van der Waals surface area contributed by atoms with E-state index in [1.807, 2.05) is 20.3 Å². The van der Waals surface area contributed by atoms with Crippen LogP contribution in [0.5, 0.6) is 0 Å². The summed E-state index contributed by atoms with van der Waals surface area (Å²) < 4.78 is 0. The highest BCUT2D eigenvalue weighted by molar-refractivity contribution is 7.11. The first kappa shape index (κ1) is 12.1. The summed E-state index contributed by atoms with van der Waals surface area (Å²) in [5.41, 5.74) is 8.08. The quantitative estimate of drug-likeness (QED) is 0.901. The molecular weight excluding hydrogens is 230 g/mol. The van der Waals surface area contributed by atoms with E-state index in [0.717, 1.165) is 16.3 Å². The molecule has 17 heavy (non-hydrogen) atoms. The van der Waals surface area contributed by atoms with Gasteiger partial charge in [0.25, 0.3) is 0 Å². The van der Waals surface area contributed by atoms with Crippen molar-refractivity contribution in [2.45, 2.75) is 13.0 Å². The third kappa shape index (κ3) is 3.05. The Bertz CT molecular complexity index is 474. The Labute approximate surface area is 106 Å². The second kappa shape index (κ2) is 5.29. The zero-order valence-corrected chi connectivity index (χ0v) is 11.0. The van der Waals surface area contributed by atoms with E-state index < -0.39 is 0 Å². The summed E-state index contributed by atoms with van der Waals surface area (Å²) >= 11 is 1.69. The van der Waals surface area contributed by atoms with Crippen molar-refractivity contribution in [3.05, 3.63) is 45.9 Å². The Morgan fingerprint density at radius 3 is 2.47 bits per heavy atom. The van der Waals surface area contributed by atoms with E-state index in [1.54, 1.807) is 11.3 Å². The predicted molar refractivity (Wildman–Crippen MR) is 73.6 cm³/mol. The molecule has 1 aromatic heterocycles. The maximum absolute atomic E-state index is 5.57. The molecule has 0 unspecified atom stereocenters. The molecule has 0 aliphatic carbocycles. The smallest absolute Gasteiger partial charge is 0.0971 e. The van der Waals surface area contributed by atoms with Gasteiger partial charge in [0, 0.05) is 43.8 Å². The number of hydrogen-bond acceptors (Lipinski definition) is 4. The van der Waals surface area contributed by atoms with Gasteiger partial charge in [-0.25, -0.2) is 4.98 Å². The van der Waals surface area contributed by atoms with Crippen LogP contribution in [0.25, 0.3) is 0 Å². The van der Waals surface area contributed by atoms with Crippen molar-refractivity contribution >= 4 is 17.0 Å². The number of anilines is 1. The molecule has 3 nitrogen and oxygen atoms in total. The third-order valence-electron chi connectivity index (χ3n) is 2.61. The molecule has 0 fully saturated rings. The van der Waals surface area contributed by atoms with Gasteiger partial charge in [0.1, 0.15) is 0 Å². The standard InChI is InChI=1S/C13H17N3S/c1-16(2)11-5-3-10(4-6-11)7-13-15-9-12(8-14)17-13/h3-6,9H,7-8,14H2,1-2H3. The Balaban J connectivity index is 2.08. The van der Waals surface area contributed by atoms with Crippen molar-refractivity contribution in [3.63, 3.8) is 0 Å². The minimum Gasteiger partial charge on any atom is -0.378 e. The molecule has 2 aromatic rings. The molecule has 0 saturated heterocycles. The largest absolute Gasteiger partial charge is 0.378 e. The SMILES string of the molecule is CN(C)c1ccc(Cc2ncc(CN)s2)cc1. The minimum absolute atomic E-state index is 0.581. The summed E-state index contributed by atoms with van der Waals surface area (Å²) in [6.07, 6.45) is 2.76. The van der Waals surface area contributed by atoms with Crippen molar-refractivity contribution in [2.24, 2.45) is 5.73 Å². The van der Waals surface area contributed by atoms with Gasteiger partial charge in [0.05, 0.1) is 5.01 Å². The lowest BCUT2D eigenvalue weighted by Crippen LogP contribution is -2.08. The lowest BCUT2D eigenvalue weighted by atomic mass is 10.1. The van der Waals surface area contributed by atoms with E-state index >= 15 is 0 Å². The highest BCUT2D eigenvalue weighted by Gasteiger charge is 2.02. The predicted octanol–water partition coefficient (Wildman–Crippen LogP) is 2.26. The molecule has 0 amide bonds. The fourth-order valence-corrected chi connectivity index (χ4v) is 2.45. The van der Waals surface area contributed by atoms with Gasteiger partial charge in [-0.3, -0.25) is 0 Å². The summed E-state index contributed by atoms with van der Waals surface area (Å²) in [5.74, 6) is 0. The number of benzene rings is 1.